The molecule has 0 spiro atoms. The smallest absolute Gasteiger partial charge is 0.337 e. The molecular formula is C15H27NO2Si2. The topological polar surface area (TPSA) is 29.5 Å². The Balaban J connectivity index is 2.93. The Hall–Kier alpha value is -0.916. The van der Waals surface area contributed by atoms with Gasteiger partial charge < -0.3 is 8.97 Å². The van der Waals surface area contributed by atoms with Crippen molar-refractivity contribution in [2.75, 3.05) is 7.11 Å². The van der Waals surface area contributed by atoms with Gasteiger partial charge in [-0.05, 0) is 17.7 Å². The van der Waals surface area contributed by atoms with Crippen LogP contribution in [0.5, 0.6) is 0 Å². The van der Waals surface area contributed by atoms with Crippen molar-refractivity contribution in [1.29, 1.82) is 0 Å². The van der Waals surface area contributed by atoms with Crippen LogP contribution in [-0.2, 0) is 11.3 Å². The fraction of sp³-hybridized carbons (Fsp3) is 0.533. The first-order valence-electron chi connectivity index (χ1n) is 7.00. The number of carbonyl (C=O) groups is 1. The van der Waals surface area contributed by atoms with Gasteiger partial charge in [0.05, 0.1) is 12.7 Å². The molecule has 1 aromatic carbocycles. The number of hydrogen-bond donors (Lipinski definition) is 0. The minimum absolute atomic E-state index is 0.274. The van der Waals surface area contributed by atoms with Crippen LogP contribution >= 0.6 is 0 Å². The number of carbonyl (C=O) groups excluding carboxylic acids is 1. The second-order valence-electron chi connectivity index (χ2n) is 7.12. The number of esters is 1. The van der Waals surface area contributed by atoms with E-state index in [-0.39, 0.29) is 5.97 Å². The normalized spacial score (nSPS) is 12.6. The Morgan fingerprint density at radius 2 is 1.45 bits per heavy atom. The zero-order valence-electron chi connectivity index (χ0n) is 13.8. The van der Waals surface area contributed by atoms with Gasteiger partial charge >= 0.3 is 5.97 Å². The first-order valence-corrected chi connectivity index (χ1v) is 13.9. The molecule has 0 bridgehead atoms. The van der Waals surface area contributed by atoms with E-state index < -0.39 is 16.5 Å². The van der Waals surface area contributed by atoms with Crippen molar-refractivity contribution in [2.24, 2.45) is 0 Å². The third-order valence-corrected chi connectivity index (χ3v) is 10.9. The zero-order valence-corrected chi connectivity index (χ0v) is 15.8. The van der Waals surface area contributed by atoms with Crippen molar-refractivity contribution in [3.05, 3.63) is 35.4 Å². The lowest BCUT2D eigenvalue weighted by Gasteiger charge is -2.43. The first-order chi connectivity index (χ1) is 9.05. The molecule has 3 nitrogen and oxygen atoms in total. The molecule has 5 heteroatoms. The van der Waals surface area contributed by atoms with Gasteiger partial charge in [0.25, 0.3) is 0 Å². The van der Waals surface area contributed by atoms with Crippen molar-refractivity contribution in [3.8, 4) is 0 Å². The van der Waals surface area contributed by atoms with Crippen LogP contribution in [0.3, 0.4) is 0 Å². The largest absolute Gasteiger partial charge is 0.465 e. The summed E-state index contributed by atoms with van der Waals surface area (Å²) in [5.41, 5.74) is 1.88. The van der Waals surface area contributed by atoms with Crippen molar-refractivity contribution in [3.63, 3.8) is 0 Å². The average molecular weight is 310 g/mol. The zero-order chi connectivity index (χ0) is 15.6. The highest BCUT2D eigenvalue weighted by Crippen LogP contribution is 2.23. The molecule has 0 unspecified atom stereocenters. The number of hydrogen-bond acceptors (Lipinski definition) is 3. The summed E-state index contributed by atoms with van der Waals surface area (Å²) in [6, 6.07) is 7.79. The minimum Gasteiger partial charge on any atom is -0.465 e. The molecule has 0 heterocycles. The van der Waals surface area contributed by atoms with Gasteiger partial charge in [-0.2, -0.15) is 0 Å². The number of ether oxygens (including phenoxy) is 1. The van der Waals surface area contributed by atoms with Crippen molar-refractivity contribution < 1.29 is 9.53 Å². The molecule has 1 rings (SSSR count). The van der Waals surface area contributed by atoms with E-state index in [1.165, 1.54) is 12.7 Å². The van der Waals surface area contributed by atoms with Gasteiger partial charge in [0.1, 0.15) is 16.5 Å². The predicted molar refractivity (Wildman–Crippen MR) is 90.0 cm³/mol. The molecule has 0 saturated heterocycles. The Morgan fingerprint density at radius 1 is 1.00 bits per heavy atom. The van der Waals surface area contributed by atoms with Gasteiger partial charge in [-0.1, -0.05) is 51.4 Å². The van der Waals surface area contributed by atoms with E-state index in [0.29, 0.717) is 5.56 Å². The monoisotopic (exact) mass is 309 g/mol. The molecule has 0 aliphatic carbocycles. The lowest BCUT2D eigenvalue weighted by Crippen LogP contribution is -2.58. The van der Waals surface area contributed by atoms with Gasteiger partial charge in [0.2, 0.25) is 0 Å². The maximum Gasteiger partial charge on any atom is 0.337 e. The van der Waals surface area contributed by atoms with E-state index in [9.17, 15) is 4.79 Å². The van der Waals surface area contributed by atoms with Gasteiger partial charge in [-0.3, -0.25) is 0 Å². The Morgan fingerprint density at radius 3 is 1.80 bits per heavy atom. The summed E-state index contributed by atoms with van der Waals surface area (Å²) in [6.07, 6.45) is 0. The van der Waals surface area contributed by atoms with Gasteiger partial charge in [-0.25, -0.2) is 4.79 Å². The number of benzene rings is 1. The van der Waals surface area contributed by atoms with E-state index >= 15 is 0 Å². The lowest BCUT2D eigenvalue weighted by molar-refractivity contribution is 0.0600. The summed E-state index contributed by atoms with van der Waals surface area (Å²) in [5.74, 6) is -0.274. The van der Waals surface area contributed by atoms with E-state index in [0.717, 1.165) is 6.54 Å². The summed E-state index contributed by atoms with van der Waals surface area (Å²) >= 11 is 0. The molecule has 0 radical (unpaired) electrons. The fourth-order valence-corrected chi connectivity index (χ4v) is 11.9. The number of rotatable bonds is 5. The molecule has 20 heavy (non-hydrogen) atoms. The maximum absolute atomic E-state index is 11.4. The lowest BCUT2D eigenvalue weighted by atomic mass is 10.1. The van der Waals surface area contributed by atoms with Crippen LogP contribution in [0.15, 0.2) is 24.3 Å². The molecule has 0 N–H and O–H groups in total. The third-order valence-electron chi connectivity index (χ3n) is 3.34. The molecule has 0 aromatic heterocycles. The molecule has 112 valence electrons. The Kier molecular flexibility index (Phi) is 5.35. The highest BCUT2D eigenvalue weighted by Gasteiger charge is 2.34. The summed E-state index contributed by atoms with van der Waals surface area (Å²) in [4.78, 5) is 11.4. The number of methoxy groups -OCH3 is 1. The van der Waals surface area contributed by atoms with Gasteiger partial charge in [-0.15, -0.1) is 0 Å². The van der Waals surface area contributed by atoms with Crippen LogP contribution in [-0.4, -0.2) is 33.8 Å². The van der Waals surface area contributed by atoms with E-state index in [2.05, 4.69) is 43.5 Å². The number of nitrogens with zero attached hydrogens (tertiary/aromatic N) is 1. The second kappa shape index (κ2) is 6.24. The SMILES string of the molecule is COC(=O)c1ccc(CN([Si](C)(C)C)[Si](C)(C)C)cc1. The standard InChI is InChI=1S/C15H27NO2Si2/c1-18-15(17)14-10-8-13(9-11-14)12-16(19(2,3)4)20(5,6)7/h8-11H,12H2,1-7H3. The van der Waals surface area contributed by atoms with Crippen LogP contribution in [0.25, 0.3) is 0 Å². The van der Waals surface area contributed by atoms with Crippen molar-refractivity contribution in [1.82, 2.24) is 4.23 Å². The van der Waals surface area contributed by atoms with Crippen LogP contribution in [0.1, 0.15) is 15.9 Å². The molecule has 0 fully saturated rings. The molecule has 0 amide bonds. The quantitative estimate of drug-likeness (QED) is 0.609. The van der Waals surface area contributed by atoms with E-state index in [1.807, 2.05) is 24.3 Å². The predicted octanol–water partition coefficient (Wildman–Crippen LogP) is 3.95. The van der Waals surface area contributed by atoms with Crippen LogP contribution in [0, 0.1) is 0 Å². The second-order valence-corrected chi connectivity index (χ2v) is 17.3. The van der Waals surface area contributed by atoms with Crippen molar-refractivity contribution in [2.45, 2.75) is 45.8 Å². The maximum atomic E-state index is 11.4. The van der Waals surface area contributed by atoms with Crippen molar-refractivity contribution >= 4 is 22.4 Å². The van der Waals surface area contributed by atoms with Gasteiger partial charge in [0.15, 0.2) is 0 Å². The summed E-state index contributed by atoms with van der Waals surface area (Å²) < 4.78 is 7.46. The fourth-order valence-electron chi connectivity index (χ4n) is 2.53. The Bertz CT molecular complexity index is 444. The van der Waals surface area contributed by atoms with Gasteiger partial charge in [0, 0.05) is 6.54 Å². The Labute approximate surface area is 125 Å². The highest BCUT2D eigenvalue weighted by molar-refractivity contribution is 6.89. The summed E-state index contributed by atoms with van der Waals surface area (Å²) in [5, 5.41) is 0. The van der Waals surface area contributed by atoms with Crippen LogP contribution in [0.2, 0.25) is 39.3 Å². The molecule has 0 aliphatic rings. The first kappa shape index (κ1) is 17.1. The third kappa shape index (κ3) is 4.57. The molecule has 0 saturated carbocycles. The van der Waals surface area contributed by atoms with Crippen LogP contribution < -0.4 is 0 Å². The highest BCUT2D eigenvalue weighted by atomic mass is 28.4. The van der Waals surface area contributed by atoms with Crippen LogP contribution in [0.4, 0.5) is 0 Å². The molecule has 0 atom stereocenters. The summed E-state index contributed by atoms with van der Waals surface area (Å²) in [7, 11) is -1.28. The molecular weight excluding hydrogens is 282 g/mol. The molecule has 0 aliphatic heterocycles. The average Bonchev–Trinajstić information content (AvgIpc) is 2.33. The summed E-state index contributed by atoms with van der Waals surface area (Å²) in [6.45, 7) is 15.4. The minimum atomic E-state index is -1.34. The van der Waals surface area contributed by atoms with E-state index in [1.54, 1.807) is 0 Å². The molecule has 1 aromatic rings. The van der Waals surface area contributed by atoms with E-state index in [4.69, 9.17) is 4.74 Å².